The molecule has 0 saturated carbocycles. The standard InChI is InChI=1S/C24H27N5O6/c1-29(2)13-26-24-27-21-20(22(33)28-24)17(12-25-21)8-5-14-3-6-15(7-4-14)18(30)11-16(23(34)35)9-10-19(31)32/h3-4,6-7,12-13,16H,5,8-11H2,1-2H3,(H,31,32)(H,34,35)(H2,25,27,28,33)/t16-/m1/s1. The van der Waals surface area contributed by atoms with Gasteiger partial charge in [-0.2, -0.15) is 4.98 Å². The van der Waals surface area contributed by atoms with Crippen LogP contribution in [-0.2, 0) is 22.4 Å². The van der Waals surface area contributed by atoms with E-state index < -0.39 is 17.9 Å². The normalized spacial score (nSPS) is 12.2. The van der Waals surface area contributed by atoms with Crippen LogP contribution in [-0.4, -0.2) is 68.2 Å². The summed E-state index contributed by atoms with van der Waals surface area (Å²) in [6, 6.07) is 6.83. The molecule has 4 N–H and O–H groups in total. The SMILES string of the molecule is CN(C)C=Nc1nc2[nH]cc(CCc3ccc(C(=O)C[C@@H](CCC(=O)O)C(=O)O)cc3)c2c(=O)[nH]1. The van der Waals surface area contributed by atoms with Crippen LogP contribution < -0.4 is 5.56 Å². The van der Waals surface area contributed by atoms with Gasteiger partial charge in [-0.15, -0.1) is 0 Å². The van der Waals surface area contributed by atoms with E-state index >= 15 is 0 Å². The highest BCUT2D eigenvalue weighted by atomic mass is 16.4. The molecule has 0 saturated heterocycles. The zero-order valence-corrected chi connectivity index (χ0v) is 19.4. The van der Waals surface area contributed by atoms with Gasteiger partial charge >= 0.3 is 11.9 Å². The quantitative estimate of drug-likeness (QED) is 0.174. The Bertz CT molecular complexity index is 1310. The molecule has 0 unspecified atom stereocenters. The molecule has 0 fully saturated rings. The maximum Gasteiger partial charge on any atom is 0.306 e. The molecule has 184 valence electrons. The summed E-state index contributed by atoms with van der Waals surface area (Å²) in [4.78, 5) is 62.9. The number of carboxylic acids is 2. The molecule has 0 spiro atoms. The summed E-state index contributed by atoms with van der Waals surface area (Å²) >= 11 is 0. The molecule has 35 heavy (non-hydrogen) atoms. The van der Waals surface area contributed by atoms with E-state index in [1.807, 2.05) is 14.1 Å². The fraction of sp³-hybridized carbons (Fsp3) is 0.333. The lowest BCUT2D eigenvalue weighted by molar-refractivity contribution is -0.142. The number of aromatic nitrogens is 3. The lowest BCUT2D eigenvalue weighted by Gasteiger charge is -2.10. The summed E-state index contributed by atoms with van der Waals surface area (Å²) in [6.45, 7) is 0. The Morgan fingerprint density at radius 2 is 1.86 bits per heavy atom. The number of nitrogens with one attached hydrogen (secondary N) is 2. The monoisotopic (exact) mass is 481 g/mol. The molecule has 11 nitrogen and oxygen atoms in total. The topological polar surface area (TPSA) is 169 Å². The van der Waals surface area contributed by atoms with Crippen molar-refractivity contribution in [3.63, 3.8) is 0 Å². The van der Waals surface area contributed by atoms with Crippen molar-refractivity contribution >= 4 is 41.0 Å². The second-order valence-corrected chi connectivity index (χ2v) is 8.43. The van der Waals surface area contributed by atoms with Crippen molar-refractivity contribution in [2.45, 2.75) is 32.1 Å². The van der Waals surface area contributed by atoms with E-state index in [2.05, 4.69) is 19.9 Å². The number of aryl methyl sites for hydroxylation is 2. The van der Waals surface area contributed by atoms with Gasteiger partial charge in [-0.3, -0.25) is 24.2 Å². The van der Waals surface area contributed by atoms with Crippen molar-refractivity contribution in [2.24, 2.45) is 10.9 Å². The van der Waals surface area contributed by atoms with Crippen LogP contribution in [0.3, 0.4) is 0 Å². The molecular formula is C24H27N5O6. The van der Waals surface area contributed by atoms with E-state index in [4.69, 9.17) is 5.11 Å². The Hall–Kier alpha value is -4.28. The summed E-state index contributed by atoms with van der Waals surface area (Å²) in [5, 5.41) is 18.5. The Labute approximate surface area is 200 Å². The summed E-state index contributed by atoms with van der Waals surface area (Å²) in [5.74, 6) is -3.47. The molecule has 3 aromatic rings. The highest BCUT2D eigenvalue weighted by Gasteiger charge is 2.23. The maximum absolute atomic E-state index is 12.6. The van der Waals surface area contributed by atoms with Gasteiger partial charge in [-0.05, 0) is 30.4 Å². The second kappa shape index (κ2) is 11.2. The van der Waals surface area contributed by atoms with E-state index in [1.165, 1.54) is 0 Å². The van der Waals surface area contributed by atoms with Gasteiger partial charge in [0.1, 0.15) is 5.65 Å². The molecule has 11 heteroatoms. The number of H-pyrrole nitrogens is 2. The Morgan fingerprint density at radius 1 is 1.14 bits per heavy atom. The number of hydrogen-bond donors (Lipinski definition) is 4. The van der Waals surface area contributed by atoms with Gasteiger partial charge < -0.3 is 20.1 Å². The van der Waals surface area contributed by atoms with Crippen molar-refractivity contribution in [2.75, 3.05) is 14.1 Å². The highest BCUT2D eigenvalue weighted by Crippen LogP contribution is 2.19. The number of aliphatic carboxylic acids is 2. The number of benzene rings is 1. The number of Topliss-reactive ketones (excluding diaryl/α,β-unsaturated/α-hetero) is 1. The van der Waals surface area contributed by atoms with Gasteiger partial charge in [-0.25, -0.2) is 4.99 Å². The van der Waals surface area contributed by atoms with Crippen LogP contribution in [0.15, 0.2) is 40.2 Å². The third-order valence-corrected chi connectivity index (χ3v) is 5.47. The number of aromatic amines is 2. The number of hydrogen-bond acceptors (Lipinski definition) is 6. The van der Waals surface area contributed by atoms with Crippen LogP contribution in [0, 0.1) is 5.92 Å². The predicted molar refractivity (Wildman–Crippen MR) is 129 cm³/mol. The Balaban J connectivity index is 1.65. The maximum atomic E-state index is 12.6. The number of carbonyl (C=O) groups is 3. The van der Waals surface area contributed by atoms with Crippen LogP contribution >= 0.6 is 0 Å². The average Bonchev–Trinajstić information content (AvgIpc) is 3.22. The van der Waals surface area contributed by atoms with Crippen LogP contribution in [0.25, 0.3) is 11.0 Å². The lowest BCUT2D eigenvalue weighted by atomic mass is 9.93. The molecule has 0 radical (unpaired) electrons. The average molecular weight is 482 g/mol. The van der Waals surface area contributed by atoms with Gasteiger partial charge in [0.2, 0.25) is 5.95 Å². The van der Waals surface area contributed by atoms with E-state index in [-0.39, 0.29) is 36.6 Å². The van der Waals surface area contributed by atoms with Gasteiger partial charge in [0.15, 0.2) is 5.78 Å². The first-order chi connectivity index (χ1) is 16.6. The largest absolute Gasteiger partial charge is 0.481 e. The number of fused-ring (bicyclic) bond motifs is 1. The minimum Gasteiger partial charge on any atom is -0.481 e. The first-order valence-electron chi connectivity index (χ1n) is 11.0. The summed E-state index contributed by atoms with van der Waals surface area (Å²) in [5.41, 5.74) is 2.28. The Morgan fingerprint density at radius 3 is 2.49 bits per heavy atom. The van der Waals surface area contributed by atoms with E-state index in [0.29, 0.717) is 29.4 Å². The zero-order chi connectivity index (χ0) is 25.5. The van der Waals surface area contributed by atoms with Crippen molar-refractivity contribution < 1.29 is 24.6 Å². The third-order valence-electron chi connectivity index (χ3n) is 5.47. The fourth-order valence-electron chi connectivity index (χ4n) is 3.61. The molecule has 0 aliphatic rings. The molecular weight excluding hydrogens is 454 g/mol. The molecule has 0 aliphatic carbocycles. The predicted octanol–water partition coefficient (Wildman–Crippen LogP) is 2.40. The van der Waals surface area contributed by atoms with Gasteiger partial charge in [0, 0.05) is 38.7 Å². The van der Waals surface area contributed by atoms with Crippen molar-refractivity contribution in [1.82, 2.24) is 19.9 Å². The Kier molecular flexibility index (Phi) is 8.13. The van der Waals surface area contributed by atoms with Crippen LogP contribution in [0.1, 0.15) is 40.7 Å². The first kappa shape index (κ1) is 25.3. The molecule has 0 amide bonds. The second-order valence-electron chi connectivity index (χ2n) is 8.43. The number of nitrogens with zero attached hydrogens (tertiary/aromatic N) is 3. The van der Waals surface area contributed by atoms with E-state index in [1.54, 1.807) is 41.7 Å². The van der Waals surface area contributed by atoms with Gasteiger partial charge in [0.05, 0.1) is 17.6 Å². The molecule has 1 aromatic carbocycles. The van der Waals surface area contributed by atoms with Crippen LogP contribution in [0.4, 0.5) is 5.95 Å². The summed E-state index contributed by atoms with van der Waals surface area (Å²) < 4.78 is 0. The third kappa shape index (κ3) is 6.85. The number of aliphatic imine (C=N–C) groups is 1. The minimum absolute atomic E-state index is 0.101. The van der Waals surface area contributed by atoms with Crippen LogP contribution in [0.2, 0.25) is 0 Å². The highest BCUT2D eigenvalue weighted by molar-refractivity contribution is 5.98. The minimum atomic E-state index is -1.18. The lowest BCUT2D eigenvalue weighted by Crippen LogP contribution is -2.19. The molecule has 2 heterocycles. The van der Waals surface area contributed by atoms with E-state index in [9.17, 15) is 24.3 Å². The van der Waals surface area contributed by atoms with Crippen molar-refractivity contribution in [1.29, 1.82) is 0 Å². The zero-order valence-electron chi connectivity index (χ0n) is 19.4. The van der Waals surface area contributed by atoms with Gasteiger partial charge in [0.25, 0.3) is 5.56 Å². The van der Waals surface area contributed by atoms with Crippen molar-refractivity contribution in [3.8, 4) is 0 Å². The van der Waals surface area contributed by atoms with E-state index in [0.717, 1.165) is 11.1 Å². The molecule has 2 aromatic heterocycles. The fourth-order valence-corrected chi connectivity index (χ4v) is 3.61. The molecule has 0 aliphatic heterocycles. The first-order valence-corrected chi connectivity index (χ1v) is 11.0. The number of ketones is 1. The molecule has 3 rings (SSSR count). The summed E-state index contributed by atoms with van der Waals surface area (Å²) in [7, 11) is 3.62. The van der Waals surface area contributed by atoms with Gasteiger partial charge in [-0.1, -0.05) is 24.3 Å². The smallest absolute Gasteiger partial charge is 0.306 e. The number of carboxylic acid groups (broad SMARTS) is 2. The number of rotatable bonds is 12. The van der Waals surface area contributed by atoms with Crippen LogP contribution in [0.5, 0.6) is 0 Å². The number of carbonyl (C=O) groups excluding carboxylic acids is 1. The molecule has 0 bridgehead atoms. The summed E-state index contributed by atoms with van der Waals surface area (Å²) in [6.07, 6.45) is 3.80. The molecule has 1 atom stereocenters. The van der Waals surface area contributed by atoms with Crippen molar-refractivity contribution in [3.05, 3.63) is 57.5 Å².